The molecule has 1 aromatic carbocycles. The second-order valence-corrected chi connectivity index (χ2v) is 12.5. The van der Waals surface area contributed by atoms with E-state index in [1.165, 1.54) is 166 Å². The topological polar surface area (TPSA) is 26.0 Å². The van der Waals surface area contributed by atoms with E-state index in [-0.39, 0.29) is 17.9 Å². The Bertz CT molecular complexity index is 608. The molecule has 1 rings (SSSR count). The van der Waals surface area contributed by atoms with Crippen LogP contribution in [0.15, 0.2) is 24.3 Å². The SMILES string of the molecule is CCCCCCCCCCc1ccccc1C(N)(CCCCCCCCCC)CCCCCCCCCC.Cl. The van der Waals surface area contributed by atoms with E-state index in [1.807, 2.05) is 0 Å². The maximum Gasteiger partial charge on any atom is 0.0412 e. The van der Waals surface area contributed by atoms with E-state index in [0.29, 0.717) is 0 Å². The van der Waals surface area contributed by atoms with Crippen LogP contribution in [0.5, 0.6) is 0 Å². The number of hydrogen-bond acceptors (Lipinski definition) is 1. The van der Waals surface area contributed by atoms with Crippen LogP contribution in [0.25, 0.3) is 0 Å². The average Bonchev–Trinajstić information content (AvgIpc) is 2.93. The molecule has 0 spiro atoms. The van der Waals surface area contributed by atoms with Gasteiger partial charge in [0.1, 0.15) is 0 Å². The minimum Gasteiger partial charge on any atom is -0.321 e. The Morgan fingerprint density at radius 1 is 0.462 bits per heavy atom. The number of aryl methyl sites for hydroxylation is 1. The third-order valence-corrected chi connectivity index (χ3v) is 8.81. The van der Waals surface area contributed by atoms with E-state index in [0.717, 1.165) is 12.8 Å². The lowest BCUT2D eigenvalue weighted by molar-refractivity contribution is 0.340. The van der Waals surface area contributed by atoms with E-state index in [4.69, 9.17) is 5.73 Å². The van der Waals surface area contributed by atoms with Crippen molar-refractivity contribution in [3.05, 3.63) is 35.4 Å². The van der Waals surface area contributed by atoms with Crippen LogP contribution >= 0.6 is 12.4 Å². The van der Waals surface area contributed by atoms with Crippen molar-refractivity contribution in [2.75, 3.05) is 0 Å². The molecule has 0 saturated carbocycles. The van der Waals surface area contributed by atoms with Gasteiger partial charge in [0, 0.05) is 5.54 Å². The third kappa shape index (κ3) is 20.1. The molecular formula is C37H70ClN. The van der Waals surface area contributed by atoms with Crippen molar-refractivity contribution in [2.24, 2.45) is 5.73 Å². The monoisotopic (exact) mass is 564 g/mol. The quantitative estimate of drug-likeness (QED) is 0.101. The third-order valence-electron chi connectivity index (χ3n) is 8.81. The Morgan fingerprint density at radius 2 is 0.795 bits per heavy atom. The molecule has 1 nitrogen and oxygen atoms in total. The van der Waals surface area contributed by atoms with Gasteiger partial charge >= 0.3 is 0 Å². The van der Waals surface area contributed by atoms with E-state index in [1.54, 1.807) is 5.56 Å². The highest BCUT2D eigenvalue weighted by molar-refractivity contribution is 5.85. The van der Waals surface area contributed by atoms with Crippen molar-refractivity contribution in [2.45, 2.75) is 200 Å². The minimum absolute atomic E-state index is 0. The van der Waals surface area contributed by atoms with Gasteiger partial charge in [-0.15, -0.1) is 12.4 Å². The minimum atomic E-state index is -0.138. The van der Waals surface area contributed by atoms with Crippen LogP contribution in [-0.2, 0) is 12.0 Å². The number of halogens is 1. The molecule has 0 fully saturated rings. The Balaban J connectivity index is 0.0000144. The summed E-state index contributed by atoms with van der Waals surface area (Å²) >= 11 is 0. The molecule has 2 heteroatoms. The van der Waals surface area contributed by atoms with Crippen LogP contribution in [-0.4, -0.2) is 0 Å². The smallest absolute Gasteiger partial charge is 0.0412 e. The number of hydrogen-bond donors (Lipinski definition) is 1. The molecule has 0 aromatic heterocycles. The molecule has 0 unspecified atom stereocenters. The highest BCUT2D eigenvalue weighted by Gasteiger charge is 2.28. The fraction of sp³-hybridized carbons (Fsp3) is 0.838. The lowest BCUT2D eigenvalue weighted by atomic mass is 9.78. The molecule has 39 heavy (non-hydrogen) atoms. The normalized spacial score (nSPS) is 11.6. The Morgan fingerprint density at radius 3 is 1.21 bits per heavy atom. The Labute approximate surface area is 252 Å². The molecule has 230 valence electrons. The molecule has 0 bridgehead atoms. The van der Waals surface area contributed by atoms with Crippen LogP contribution in [0.1, 0.15) is 199 Å². The summed E-state index contributed by atoms with van der Waals surface area (Å²) in [5.74, 6) is 0. The van der Waals surface area contributed by atoms with Crippen LogP contribution in [0.4, 0.5) is 0 Å². The van der Waals surface area contributed by atoms with Gasteiger partial charge in [-0.05, 0) is 36.8 Å². The van der Waals surface area contributed by atoms with Gasteiger partial charge in [-0.2, -0.15) is 0 Å². The summed E-state index contributed by atoms with van der Waals surface area (Å²) in [5.41, 5.74) is 10.3. The lowest BCUT2D eigenvalue weighted by Gasteiger charge is -2.33. The van der Waals surface area contributed by atoms with Crippen LogP contribution in [0.3, 0.4) is 0 Å². The maximum atomic E-state index is 7.38. The first kappa shape index (κ1) is 38.5. The zero-order valence-corrected chi connectivity index (χ0v) is 27.7. The van der Waals surface area contributed by atoms with E-state index >= 15 is 0 Å². The fourth-order valence-corrected chi connectivity index (χ4v) is 6.22. The molecule has 0 atom stereocenters. The van der Waals surface area contributed by atoms with Crippen molar-refractivity contribution in [3.8, 4) is 0 Å². The number of unbranched alkanes of at least 4 members (excludes halogenated alkanes) is 21. The van der Waals surface area contributed by atoms with Gasteiger partial charge in [-0.3, -0.25) is 0 Å². The fourth-order valence-electron chi connectivity index (χ4n) is 6.22. The van der Waals surface area contributed by atoms with Crippen molar-refractivity contribution in [1.82, 2.24) is 0 Å². The second kappa shape index (κ2) is 27.6. The predicted molar refractivity (Wildman–Crippen MR) is 180 cm³/mol. The van der Waals surface area contributed by atoms with E-state index in [2.05, 4.69) is 45.0 Å². The summed E-state index contributed by atoms with van der Waals surface area (Å²) in [4.78, 5) is 0. The predicted octanol–water partition coefficient (Wildman–Crippen LogP) is 13.0. The van der Waals surface area contributed by atoms with Gasteiger partial charge in [0.15, 0.2) is 0 Å². The van der Waals surface area contributed by atoms with Gasteiger partial charge in [-0.25, -0.2) is 0 Å². The molecule has 0 aliphatic heterocycles. The largest absolute Gasteiger partial charge is 0.321 e. The van der Waals surface area contributed by atoms with Gasteiger partial charge in [-0.1, -0.05) is 193 Å². The zero-order chi connectivity index (χ0) is 27.6. The van der Waals surface area contributed by atoms with Crippen LogP contribution in [0, 0.1) is 0 Å². The second-order valence-electron chi connectivity index (χ2n) is 12.5. The first-order chi connectivity index (χ1) is 18.7. The van der Waals surface area contributed by atoms with Crippen LogP contribution < -0.4 is 5.73 Å². The summed E-state index contributed by atoms with van der Waals surface area (Å²) in [6, 6.07) is 9.27. The van der Waals surface area contributed by atoms with Gasteiger partial charge in [0.05, 0.1) is 0 Å². The van der Waals surface area contributed by atoms with Gasteiger partial charge < -0.3 is 5.73 Å². The summed E-state index contributed by atoms with van der Waals surface area (Å²) in [5, 5.41) is 0. The van der Waals surface area contributed by atoms with Crippen molar-refractivity contribution in [3.63, 3.8) is 0 Å². The first-order valence-corrected chi connectivity index (χ1v) is 17.5. The Kier molecular flexibility index (Phi) is 27.3. The summed E-state index contributed by atoms with van der Waals surface area (Å²) in [6.45, 7) is 6.91. The first-order valence-electron chi connectivity index (χ1n) is 17.5. The summed E-state index contributed by atoms with van der Waals surface area (Å²) < 4.78 is 0. The molecule has 0 aliphatic rings. The standard InChI is InChI=1S/C37H69N.ClH/c1-4-7-10-13-16-19-22-25-30-35-31-26-27-32-36(35)37(38,33-28-23-20-17-14-11-8-5-2)34-29-24-21-18-15-12-9-6-3;/h26-27,31-32H,4-25,28-30,33-34,38H2,1-3H3;1H. The maximum absolute atomic E-state index is 7.38. The van der Waals surface area contributed by atoms with Crippen molar-refractivity contribution < 1.29 is 0 Å². The zero-order valence-electron chi connectivity index (χ0n) is 26.9. The lowest BCUT2D eigenvalue weighted by Crippen LogP contribution is -2.37. The highest BCUT2D eigenvalue weighted by atomic mass is 35.5. The Hall–Kier alpha value is -0.530. The van der Waals surface area contributed by atoms with Crippen molar-refractivity contribution in [1.29, 1.82) is 0 Å². The molecule has 0 radical (unpaired) electrons. The molecule has 0 heterocycles. The summed E-state index contributed by atoms with van der Waals surface area (Å²) in [7, 11) is 0. The number of benzene rings is 1. The molecule has 1 aromatic rings. The molecule has 0 saturated heterocycles. The molecule has 2 N–H and O–H groups in total. The number of nitrogens with two attached hydrogens (primary N) is 1. The number of rotatable bonds is 28. The van der Waals surface area contributed by atoms with E-state index < -0.39 is 0 Å². The molecule has 0 amide bonds. The molecular weight excluding hydrogens is 494 g/mol. The summed E-state index contributed by atoms with van der Waals surface area (Å²) in [6.07, 6.45) is 36.6. The van der Waals surface area contributed by atoms with Gasteiger partial charge in [0.25, 0.3) is 0 Å². The van der Waals surface area contributed by atoms with Crippen molar-refractivity contribution >= 4 is 12.4 Å². The van der Waals surface area contributed by atoms with Crippen LogP contribution in [0.2, 0.25) is 0 Å². The highest BCUT2D eigenvalue weighted by Crippen LogP contribution is 2.34. The average molecular weight is 564 g/mol. The van der Waals surface area contributed by atoms with Gasteiger partial charge in [0.2, 0.25) is 0 Å². The molecule has 0 aliphatic carbocycles. The van der Waals surface area contributed by atoms with E-state index in [9.17, 15) is 0 Å².